The van der Waals surface area contributed by atoms with E-state index in [1.165, 1.54) is 16.7 Å². The molecule has 0 saturated heterocycles. The zero-order valence-corrected chi connectivity index (χ0v) is 12.1. The second-order valence-electron chi connectivity index (χ2n) is 4.70. The molecule has 0 aliphatic carbocycles. The number of nitrogens with zero attached hydrogens (tertiary/aromatic N) is 1. The molecule has 0 amide bonds. The molecule has 0 aliphatic rings. The maximum Gasteiger partial charge on any atom is 0.0404 e. The Bertz CT molecular complexity index is 501. The maximum atomic E-state index is 4.27. The van der Waals surface area contributed by atoms with E-state index >= 15 is 0 Å². The summed E-state index contributed by atoms with van der Waals surface area (Å²) in [5, 5.41) is 0. The van der Waals surface area contributed by atoms with E-state index in [0.29, 0.717) is 0 Å². The molecule has 1 heteroatoms. The van der Waals surface area contributed by atoms with Crippen LogP contribution in [0.4, 0.5) is 0 Å². The quantitative estimate of drug-likeness (QED) is 0.713. The van der Waals surface area contributed by atoms with Gasteiger partial charge in [-0.15, -0.1) is 0 Å². The molecular weight excluding hydrogens is 218 g/mol. The normalized spacial score (nSPS) is 9.61. The molecule has 0 fully saturated rings. The summed E-state index contributed by atoms with van der Waals surface area (Å²) in [5.74, 6) is 0. The zero-order valence-electron chi connectivity index (χ0n) is 12.1. The predicted octanol–water partition coefficient (Wildman–Crippen LogP) is 4.56. The summed E-state index contributed by atoms with van der Waals surface area (Å²) in [6.07, 6.45) is 1.14. The van der Waals surface area contributed by atoms with E-state index in [4.69, 9.17) is 0 Å². The van der Waals surface area contributed by atoms with Crippen molar-refractivity contribution in [2.75, 3.05) is 0 Å². The fraction of sp³-hybridized carbons (Fsp3) is 0.353. The van der Waals surface area contributed by atoms with E-state index < -0.39 is 0 Å². The molecule has 0 spiro atoms. The van der Waals surface area contributed by atoms with Crippen molar-refractivity contribution in [2.24, 2.45) is 0 Å². The summed E-state index contributed by atoms with van der Waals surface area (Å²) in [6, 6.07) is 12.7. The van der Waals surface area contributed by atoms with E-state index in [1.54, 1.807) is 0 Å². The first-order chi connectivity index (χ1) is 8.52. The molecule has 2 rings (SSSR count). The summed E-state index contributed by atoms with van der Waals surface area (Å²) < 4.78 is 0. The van der Waals surface area contributed by atoms with E-state index in [1.807, 2.05) is 19.9 Å². The summed E-state index contributed by atoms with van der Waals surface area (Å²) in [6.45, 7) is 10.4. The Balaban J connectivity index is 0.000000180. The topological polar surface area (TPSA) is 12.9 Å². The van der Waals surface area contributed by atoms with Gasteiger partial charge in [0.2, 0.25) is 0 Å². The van der Waals surface area contributed by atoms with Crippen molar-refractivity contribution < 1.29 is 0 Å². The minimum atomic E-state index is 1.10. The Morgan fingerprint density at radius 2 is 1.67 bits per heavy atom. The average molecular weight is 241 g/mol. The van der Waals surface area contributed by atoms with Gasteiger partial charge in [-0.25, -0.2) is 0 Å². The third-order valence-electron chi connectivity index (χ3n) is 2.98. The zero-order chi connectivity index (χ0) is 13.5. The highest BCUT2D eigenvalue weighted by Crippen LogP contribution is 2.03. The summed E-state index contributed by atoms with van der Waals surface area (Å²) >= 11 is 0. The van der Waals surface area contributed by atoms with Gasteiger partial charge in [0, 0.05) is 11.4 Å². The van der Waals surface area contributed by atoms with E-state index in [2.05, 4.69) is 56.1 Å². The van der Waals surface area contributed by atoms with Crippen LogP contribution in [0.15, 0.2) is 36.4 Å². The lowest BCUT2D eigenvalue weighted by molar-refractivity contribution is 1.09. The van der Waals surface area contributed by atoms with E-state index in [9.17, 15) is 0 Å². The Labute approximate surface area is 111 Å². The third kappa shape index (κ3) is 4.70. The average Bonchev–Trinajstić information content (AvgIpc) is 2.35. The molecule has 2 aromatic rings. The number of aryl methyl sites for hydroxylation is 5. The molecule has 0 unspecified atom stereocenters. The van der Waals surface area contributed by atoms with Gasteiger partial charge in [-0.1, -0.05) is 42.8 Å². The first-order valence-electron chi connectivity index (χ1n) is 6.49. The first kappa shape index (κ1) is 14.4. The number of hydrogen-bond acceptors (Lipinski definition) is 1. The van der Waals surface area contributed by atoms with Gasteiger partial charge < -0.3 is 0 Å². The van der Waals surface area contributed by atoms with Crippen molar-refractivity contribution in [3.63, 3.8) is 0 Å². The number of pyridine rings is 1. The number of benzene rings is 1. The van der Waals surface area contributed by atoms with Gasteiger partial charge in [-0.05, 0) is 51.3 Å². The van der Waals surface area contributed by atoms with Crippen molar-refractivity contribution in [2.45, 2.75) is 41.0 Å². The molecule has 0 saturated carbocycles. The second-order valence-corrected chi connectivity index (χ2v) is 4.70. The number of hydrogen-bond donors (Lipinski definition) is 0. The van der Waals surface area contributed by atoms with E-state index in [0.717, 1.165) is 17.8 Å². The highest BCUT2D eigenvalue weighted by molar-refractivity contribution is 5.21. The van der Waals surface area contributed by atoms with Crippen LogP contribution < -0.4 is 0 Å². The molecule has 1 aromatic carbocycles. The molecule has 0 atom stereocenters. The van der Waals surface area contributed by atoms with Gasteiger partial charge in [0.1, 0.15) is 0 Å². The lowest BCUT2D eigenvalue weighted by Crippen LogP contribution is -1.87. The fourth-order valence-electron chi connectivity index (χ4n) is 1.69. The molecule has 1 nitrogen and oxygen atoms in total. The van der Waals surface area contributed by atoms with Gasteiger partial charge in [0.05, 0.1) is 0 Å². The van der Waals surface area contributed by atoms with Crippen molar-refractivity contribution in [3.8, 4) is 0 Å². The van der Waals surface area contributed by atoms with Crippen molar-refractivity contribution in [3.05, 3.63) is 64.5 Å². The first-order valence-corrected chi connectivity index (χ1v) is 6.49. The molecule has 0 radical (unpaired) electrons. The molecule has 1 heterocycles. The van der Waals surface area contributed by atoms with Crippen LogP contribution in [0.3, 0.4) is 0 Å². The van der Waals surface area contributed by atoms with Gasteiger partial charge in [0.15, 0.2) is 0 Å². The van der Waals surface area contributed by atoms with Crippen LogP contribution in [-0.4, -0.2) is 4.98 Å². The molecule has 0 bridgehead atoms. The van der Waals surface area contributed by atoms with Crippen molar-refractivity contribution in [1.82, 2.24) is 4.98 Å². The van der Waals surface area contributed by atoms with Crippen LogP contribution in [0.25, 0.3) is 0 Å². The molecule has 0 N–H and O–H groups in total. The predicted molar refractivity (Wildman–Crippen MR) is 79.0 cm³/mol. The van der Waals surface area contributed by atoms with Gasteiger partial charge in [-0.2, -0.15) is 0 Å². The van der Waals surface area contributed by atoms with Crippen LogP contribution in [-0.2, 0) is 6.42 Å². The Morgan fingerprint density at radius 1 is 0.944 bits per heavy atom. The standard InChI is InChI=1S/C9H12.C8H11N/c1-3-9-6-4-5-8(2)7-9;1-6-4-5-7(2)9-8(6)3/h4-7H,3H2,1-2H3;4-5H,1-3H3. The van der Waals surface area contributed by atoms with Crippen LogP contribution >= 0.6 is 0 Å². The fourth-order valence-corrected chi connectivity index (χ4v) is 1.69. The molecule has 0 aliphatic heterocycles. The highest BCUT2D eigenvalue weighted by Gasteiger charge is 1.90. The van der Waals surface area contributed by atoms with Gasteiger partial charge in [0.25, 0.3) is 0 Å². The lowest BCUT2D eigenvalue weighted by Gasteiger charge is -1.97. The van der Waals surface area contributed by atoms with Crippen molar-refractivity contribution in [1.29, 1.82) is 0 Å². The van der Waals surface area contributed by atoms with Crippen LogP contribution in [0.1, 0.15) is 35.0 Å². The minimum Gasteiger partial charge on any atom is -0.258 e. The third-order valence-corrected chi connectivity index (χ3v) is 2.98. The molecule has 18 heavy (non-hydrogen) atoms. The summed E-state index contributed by atoms with van der Waals surface area (Å²) in [4.78, 5) is 4.27. The van der Waals surface area contributed by atoms with E-state index in [-0.39, 0.29) is 0 Å². The highest BCUT2D eigenvalue weighted by atomic mass is 14.7. The summed E-state index contributed by atoms with van der Waals surface area (Å²) in [5.41, 5.74) is 6.28. The molecular formula is C17H23N. The minimum absolute atomic E-state index is 1.10. The Morgan fingerprint density at radius 3 is 2.11 bits per heavy atom. The monoisotopic (exact) mass is 241 g/mol. The lowest BCUT2D eigenvalue weighted by atomic mass is 10.1. The van der Waals surface area contributed by atoms with Gasteiger partial charge >= 0.3 is 0 Å². The summed E-state index contributed by atoms with van der Waals surface area (Å²) in [7, 11) is 0. The second kappa shape index (κ2) is 6.95. The van der Waals surface area contributed by atoms with Crippen LogP contribution in [0.2, 0.25) is 0 Å². The Hall–Kier alpha value is -1.63. The van der Waals surface area contributed by atoms with Crippen LogP contribution in [0.5, 0.6) is 0 Å². The smallest absolute Gasteiger partial charge is 0.0404 e. The van der Waals surface area contributed by atoms with Crippen LogP contribution in [0, 0.1) is 27.7 Å². The Kier molecular flexibility index (Phi) is 5.57. The van der Waals surface area contributed by atoms with Crippen molar-refractivity contribution >= 4 is 0 Å². The SMILES string of the molecule is CCc1cccc(C)c1.Cc1ccc(C)c(C)n1. The number of aromatic nitrogens is 1. The largest absolute Gasteiger partial charge is 0.258 e. The maximum absolute atomic E-state index is 4.27. The van der Waals surface area contributed by atoms with Gasteiger partial charge in [-0.3, -0.25) is 4.98 Å². The molecule has 1 aromatic heterocycles. The molecule has 96 valence electrons. The number of rotatable bonds is 1.